The van der Waals surface area contributed by atoms with Crippen molar-refractivity contribution in [2.75, 3.05) is 6.61 Å². The van der Waals surface area contributed by atoms with Gasteiger partial charge in [-0.1, -0.05) is 12.1 Å². The minimum atomic E-state index is -0.592. The molecule has 0 aliphatic rings. The molecule has 0 bridgehead atoms. The van der Waals surface area contributed by atoms with E-state index in [1.54, 1.807) is 23.5 Å². The second-order valence-corrected chi connectivity index (χ2v) is 5.37. The Morgan fingerprint density at radius 1 is 1.19 bits per heavy atom. The molecule has 3 aromatic rings. The van der Waals surface area contributed by atoms with Gasteiger partial charge in [0.1, 0.15) is 10.8 Å². The second-order valence-electron chi connectivity index (χ2n) is 4.33. The number of ether oxygens (including phenoxy) is 1. The topological polar surface area (TPSA) is 71.5 Å². The van der Waals surface area contributed by atoms with Gasteiger partial charge in [-0.2, -0.15) is 0 Å². The van der Waals surface area contributed by atoms with Gasteiger partial charge in [-0.05, 0) is 36.4 Å². The number of carbonyl (C=O) groups is 1. The Labute approximate surface area is 124 Å². The summed E-state index contributed by atoms with van der Waals surface area (Å²) in [6.07, 6.45) is 0. The predicted molar refractivity (Wildman–Crippen MR) is 80.5 cm³/mol. The van der Waals surface area contributed by atoms with E-state index < -0.39 is 5.91 Å². The zero-order valence-corrected chi connectivity index (χ0v) is 11.8. The van der Waals surface area contributed by atoms with E-state index in [1.165, 1.54) is 5.48 Å². The summed E-state index contributed by atoms with van der Waals surface area (Å²) in [5.41, 5.74) is 3.49. The van der Waals surface area contributed by atoms with Gasteiger partial charge in [0.15, 0.2) is 6.61 Å². The van der Waals surface area contributed by atoms with Crippen molar-refractivity contribution in [2.45, 2.75) is 0 Å². The van der Waals surface area contributed by atoms with Crippen LogP contribution in [0.4, 0.5) is 0 Å². The number of nitrogens with one attached hydrogen (secondary N) is 1. The van der Waals surface area contributed by atoms with Crippen LogP contribution in [0.2, 0.25) is 0 Å². The van der Waals surface area contributed by atoms with Crippen LogP contribution in [0.15, 0.2) is 48.5 Å². The lowest BCUT2D eigenvalue weighted by Crippen LogP contribution is -2.25. The third-order valence-corrected chi connectivity index (χ3v) is 3.98. The van der Waals surface area contributed by atoms with Crippen LogP contribution in [-0.2, 0) is 4.79 Å². The smallest absolute Gasteiger partial charge is 0.281 e. The molecular formula is C15H12N2O3S. The van der Waals surface area contributed by atoms with Crippen LogP contribution < -0.4 is 10.2 Å². The number of benzene rings is 2. The number of thiazole rings is 1. The molecule has 106 valence electrons. The van der Waals surface area contributed by atoms with Crippen molar-refractivity contribution in [3.8, 4) is 16.3 Å². The van der Waals surface area contributed by atoms with Gasteiger partial charge in [0, 0.05) is 5.56 Å². The largest absolute Gasteiger partial charge is 0.484 e. The van der Waals surface area contributed by atoms with Crippen LogP contribution >= 0.6 is 11.3 Å². The normalized spacial score (nSPS) is 10.5. The van der Waals surface area contributed by atoms with E-state index >= 15 is 0 Å². The third kappa shape index (κ3) is 3.01. The van der Waals surface area contributed by atoms with Gasteiger partial charge in [0.2, 0.25) is 0 Å². The van der Waals surface area contributed by atoms with Gasteiger partial charge >= 0.3 is 0 Å². The quantitative estimate of drug-likeness (QED) is 0.574. The van der Waals surface area contributed by atoms with Crippen LogP contribution in [0, 0.1) is 0 Å². The highest BCUT2D eigenvalue weighted by atomic mass is 32.1. The lowest BCUT2D eigenvalue weighted by molar-refractivity contribution is -0.131. The highest BCUT2D eigenvalue weighted by molar-refractivity contribution is 7.21. The summed E-state index contributed by atoms with van der Waals surface area (Å²) in [5, 5.41) is 9.33. The molecule has 0 fully saturated rings. The van der Waals surface area contributed by atoms with Crippen molar-refractivity contribution in [2.24, 2.45) is 0 Å². The standard InChI is InChI=1S/C15H12N2O3S/c18-14(17-19)9-20-11-7-5-10(6-8-11)15-16-12-3-1-2-4-13(12)21-15/h1-8,19H,9H2,(H,17,18). The first-order valence-electron chi connectivity index (χ1n) is 6.28. The van der Waals surface area contributed by atoms with E-state index in [0.29, 0.717) is 5.75 Å². The van der Waals surface area contributed by atoms with Gasteiger partial charge in [-0.15, -0.1) is 11.3 Å². The first-order chi connectivity index (χ1) is 10.3. The van der Waals surface area contributed by atoms with Crippen molar-refractivity contribution in [1.29, 1.82) is 0 Å². The Morgan fingerprint density at radius 3 is 2.67 bits per heavy atom. The molecule has 0 radical (unpaired) electrons. The molecule has 2 N–H and O–H groups in total. The van der Waals surface area contributed by atoms with Gasteiger partial charge in [0.25, 0.3) is 5.91 Å². The maximum absolute atomic E-state index is 10.9. The number of amides is 1. The minimum Gasteiger partial charge on any atom is -0.484 e. The highest BCUT2D eigenvalue weighted by Gasteiger charge is 2.06. The second kappa shape index (κ2) is 5.90. The van der Waals surface area contributed by atoms with E-state index in [4.69, 9.17) is 9.94 Å². The van der Waals surface area contributed by atoms with Gasteiger partial charge < -0.3 is 4.74 Å². The number of fused-ring (bicyclic) bond motifs is 1. The SMILES string of the molecule is O=C(COc1ccc(-c2nc3ccccc3s2)cc1)NO. The van der Waals surface area contributed by atoms with Crippen LogP contribution in [0.1, 0.15) is 0 Å². The van der Waals surface area contributed by atoms with Crippen molar-refractivity contribution in [3.05, 3.63) is 48.5 Å². The summed E-state index contributed by atoms with van der Waals surface area (Å²) in [6.45, 7) is -0.225. The summed E-state index contributed by atoms with van der Waals surface area (Å²) >= 11 is 1.63. The highest BCUT2D eigenvalue weighted by Crippen LogP contribution is 2.30. The fourth-order valence-electron chi connectivity index (χ4n) is 1.87. The predicted octanol–water partition coefficient (Wildman–Crippen LogP) is 2.85. The van der Waals surface area contributed by atoms with Crippen molar-refractivity contribution in [3.63, 3.8) is 0 Å². The van der Waals surface area contributed by atoms with E-state index in [9.17, 15) is 4.79 Å². The van der Waals surface area contributed by atoms with Crippen molar-refractivity contribution >= 4 is 27.5 Å². The van der Waals surface area contributed by atoms with Gasteiger partial charge in [-0.3, -0.25) is 10.0 Å². The Bertz CT molecular complexity index is 735. The molecule has 1 aromatic heterocycles. The molecular weight excluding hydrogens is 288 g/mol. The summed E-state index contributed by atoms with van der Waals surface area (Å²) in [6, 6.07) is 15.3. The van der Waals surface area contributed by atoms with Crippen LogP contribution in [-0.4, -0.2) is 22.7 Å². The molecule has 0 saturated heterocycles. The molecule has 0 unspecified atom stereocenters. The van der Waals surface area contributed by atoms with E-state index in [0.717, 1.165) is 20.8 Å². The summed E-state index contributed by atoms with van der Waals surface area (Å²) in [4.78, 5) is 15.5. The third-order valence-electron chi connectivity index (χ3n) is 2.89. The molecule has 0 aliphatic carbocycles. The number of nitrogens with zero attached hydrogens (tertiary/aromatic N) is 1. The zero-order valence-electron chi connectivity index (χ0n) is 10.9. The number of hydroxylamine groups is 1. The average molecular weight is 300 g/mol. The number of aromatic nitrogens is 1. The summed E-state index contributed by atoms with van der Waals surface area (Å²) in [7, 11) is 0. The fraction of sp³-hybridized carbons (Fsp3) is 0.0667. The Balaban J connectivity index is 1.78. The Morgan fingerprint density at radius 2 is 1.95 bits per heavy atom. The number of carbonyl (C=O) groups excluding carboxylic acids is 1. The molecule has 1 amide bonds. The Hall–Kier alpha value is -2.44. The minimum absolute atomic E-state index is 0.225. The molecule has 2 aromatic carbocycles. The first kappa shape index (κ1) is 13.5. The lowest BCUT2D eigenvalue weighted by atomic mass is 10.2. The number of rotatable bonds is 4. The van der Waals surface area contributed by atoms with Crippen molar-refractivity contribution in [1.82, 2.24) is 10.5 Å². The maximum atomic E-state index is 10.9. The van der Waals surface area contributed by atoms with Crippen molar-refractivity contribution < 1.29 is 14.7 Å². The van der Waals surface area contributed by atoms with E-state index in [2.05, 4.69) is 4.98 Å². The monoisotopic (exact) mass is 300 g/mol. The maximum Gasteiger partial charge on any atom is 0.281 e. The average Bonchev–Trinajstić information content (AvgIpc) is 2.97. The molecule has 1 heterocycles. The molecule has 5 nitrogen and oxygen atoms in total. The van der Waals surface area contributed by atoms with E-state index in [-0.39, 0.29) is 6.61 Å². The Kier molecular flexibility index (Phi) is 3.81. The number of para-hydroxylation sites is 1. The van der Waals surface area contributed by atoms with Crippen LogP contribution in [0.5, 0.6) is 5.75 Å². The summed E-state index contributed by atoms with van der Waals surface area (Å²) < 4.78 is 6.37. The summed E-state index contributed by atoms with van der Waals surface area (Å²) in [5.74, 6) is -0.0336. The molecule has 0 aliphatic heterocycles. The van der Waals surface area contributed by atoms with Gasteiger partial charge in [-0.25, -0.2) is 10.5 Å². The lowest BCUT2D eigenvalue weighted by Gasteiger charge is -2.04. The van der Waals surface area contributed by atoms with Crippen LogP contribution in [0.25, 0.3) is 20.8 Å². The molecule has 0 saturated carbocycles. The molecule has 3 rings (SSSR count). The first-order valence-corrected chi connectivity index (χ1v) is 7.09. The van der Waals surface area contributed by atoms with Crippen LogP contribution in [0.3, 0.4) is 0 Å². The van der Waals surface area contributed by atoms with E-state index in [1.807, 2.05) is 36.4 Å². The number of hydrogen-bond donors (Lipinski definition) is 2. The molecule has 6 heteroatoms. The number of hydrogen-bond acceptors (Lipinski definition) is 5. The molecule has 0 atom stereocenters. The fourth-order valence-corrected chi connectivity index (χ4v) is 2.84. The van der Waals surface area contributed by atoms with Gasteiger partial charge in [0.05, 0.1) is 10.2 Å². The molecule has 21 heavy (non-hydrogen) atoms. The zero-order chi connectivity index (χ0) is 14.7. The molecule has 0 spiro atoms.